The summed E-state index contributed by atoms with van der Waals surface area (Å²) >= 11 is 5.16. The Bertz CT molecular complexity index is 797. The summed E-state index contributed by atoms with van der Waals surface area (Å²) in [6.07, 6.45) is 3.51. The van der Waals surface area contributed by atoms with Crippen LogP contribution in [0.2, 0.25) is 0 Å². The molecular weight excluding hydrogens is 404 g/mol. The van der Waals surface area contributed by atoms with Gasteiger partial charge in [-0.15, -0.1) is 11.3 Å². The van der Waals surface area contributed by atoms with Gasteiger partial charge in [-0.3, -0.25) is 4.79 Å². The third kappa shape index (κ3) is 3.25. The molecule has 0 aliphatic carbocycles. The van der Waals surface area contributed by atoms with E-state index in [4.69, 9.17) is 4.74 Å². The van der Waals surface area contributed by atoms with Crippen molar-refractivity contribution in [1.82, 2.24) is 14.9 Å². The van der Waals surface area contributed by atoms with Crippen molar-refractivity contribution in [2.24, 2.45) is 5.92 Å². The van der Waals surface area contributed by atoms with Gasteiger partial charge in [-0.1, -0.05) is 0 Å². The number of anilines is 1. The van der Waals surface area contributed by atoms with E-state index >= 15 is 0 Å². The second-order valence-corrected chi connectivity index (χ2v) is 8.19. The van der Waals surface area contributed by atoms with E-state index in [1.807, 2.05) is 4.90 Å². The highest BCUT2D eigenvalue weighted by Crippen LogP contribution is 2.29. The molecule has 2 aromatic rings. The number of ether oxygens (including phenoxy) is 1. The summed E-state index contributed by atoms with van der Waals surface area (Å²) in [6, 6.07) is 2.14. The lowest BCUT2D eigenvalue weighted by Gasteiger charge is -2.29. The normalized spacial score (nSPS) is 19.8. The van der Waals surface area contributed by atoms with Crippen LogP contribution in [0.4, 0.5) is 5.95 Å². The van der Waals surface area contributed by atoms with Crippen LogP contribution >= 0.6 is 27.3 Å². The summed E-state index contributed by atoms with van der Waals surface area (Å²) in [6.45, 7) is 3.03. The largest absolute Gasteiger partial charge is 0.480 e. The van der Waals surface area contributed by atoms with Crippen molar-refractivity contribution in [1.29, 1.82) is 0 Å². The van der Waals surface area contributed by atoms with Crippen molar-refractivity contribution in [2.75, 3.05) is 31.6 Å². The fraction of sp³-hybridized carbons (Fsp3) is 0.471. The quantitative estimate of drug-likeness (QED) is 0.760. The molecule has 4 heterocycles. The van der Waals surface area contributed by atoms with Crippen LogP contribution in [0, 0.1) is 5.92 Å². The van der Waals surface area contributed by atoms with E-state index < -0.39 is 0 Å². The second kappa shape index (κ2) is 6.92. The number of thiophene rings is 1. The molecule has 132 valence electrons. The van der Waals surface area contributed by atoms with Gasteiger partial charge in [-0.05, 0) is 45.8 Å². The Balaban J connectivity index is 1.43. The smallest absolute Gasteiger partial charge is 0.232 e. The standard InChI is InChI=1S/C17H19BrN4O2S/c1-24-15-13(18)8-19-17(20-15)22-5-2-12(10-22)16(23)21-6-3-14-11(9-21)4-7-25-14/h4,7-8,12H,2-3,5-6,9-10H2,1H3. The van der Waals surface area contributed by atoms with Gasteiger partial charge in [-0.25, -0.2) is 4.98 Å². The first-order valence-corrected chi connectivity index (χ1v) is 9.98. The SMILES string of the molecule is COc1nc(N2CCC(C(=O)N3CCc4sccc4C3)C2)ncc1Br. The number of carbonyl (C=O) groups is 1. The number of hydrogen-bond donors (Lipinski definition) is 0. The number of hydrogen-bond acceptors (Lipinski definition) is 6. The van der Waals surface area contributed by atoms with Crippen LogP contribution in [0.15, 0.2) is 22.1 Å². The van der Waals surface area contributed by atoms with Crippen LogP contribution in [0.3, 0.4) is 0 Å². The van der Waals surface area contributed by atoms with E-state index in [2.05, 4.69) is 42.2 Å². The second-order valence-electron chi connectivity index (χ2n) is 6.34. The van der Waals surface area contributed by atoms with E-state index in [0.717, 1.165) is 36.9 Å². The molecule has 0 aromatic carbocycles. The van der Waals surface area contributed by atoms with Gasteiger partial charge in [0.15, 0.2) is 0 Å². The predicted octanol–water partition coefficient (Wildman–Crippen LogP) is 2.72. The number of fused-ring (bicyclic) bond motifs is 1. The van der Waals surface area contributed by atoms with E-state index in [1.165, 1.54) is 10.4 Å². The number of methoxy groups -OCH3 is 1. The van der Waals surface area contributed by atoms with Crippen LogP contribution in [0.5, 0.6) is 5.88 Å². The number of carbonyl (C=O) groups excluding carboxylic acids is 1. The van der Waals surface area contributed by atoms with Crippen molar-refractivity contribution in [2.45, 2.75) is 19.4 Å². The summed E-state index contributed by atoms with van der Waals surface area (Å²) in [5, 5.41) is 2.12. The number of halogens is 1. The molecule has 1 unspecified atom stereocenters. The Morgan fingerprint density at radius 3 is 3.16 bits per heavy atom. The lowest BCUT2D eigenvalue weighted by molar-refractivity contribution is -0.135. The molecule has 2 aliphatic rings. The Kier molecular flexibility index (Phi) is 4.64. The molecule has 2 aliphatic heterocycles. The topological polar surface area (TPSA) is 58.6 Å². The highest BCUT2D eigenvalue weighted by molar-refractivity contribution is 9.10. The number of rotatable bonds is 3. The predicted molar refractivity (Wildman–Crippen MR) is 100 cm³/mol. The molecule has 1 fully saturated rings. The molecule has 2 aromatic heterocycles. The zero-order chi connectivity index (χ0) is 17.4. The Hall–Kier alpha value is -1.67. The van der Waals surface area contributed by atoms with Gasteiger partial charge >= 0.3 is 0 Å². The van der Waals surface area contributed by atoms with Crippen molar-refractivity contribution in [3.63, 3.8) is 0 Å². The highest BCUT2D eigenvalue weighted by Gasteiger charge is 2.34. The first-order chi connectivity index (χ1) is 12.2. The van der Waals surface area contributed by atoms with Gasteiger partial charge in [0, 0.05) is 31.1 Å². The third-order valence-electron chi connectivity index (χ3n) is 4.83. The summed E-state index contributed by atoms with van der Waals surface area (Å²) in [5.41, 5.74) is 1.31. The molecule has 0 bridgehead atoms. The first-order valence-electron chi connectivity index (χ1n) is 8.31. The molecule has 1 atom stereocenters. The first kappa shape index (κ1) is 16.8. The lowest BCUT2D eigenvalue weighted by atomic mass is 10.0. The minimum atomic E-state index is 0.0124. The van der Waals surface area contributed by atoms with Gasteiger partial charge in [0.1, 0.15) is 0 Å². The third-order valence-corrected chi connectivity index (χ3v) is 6.40. The van der Waals surface area contributed by atoms with E-state index in [-0.39, 0.29) is 11.8 Å². The monoisotopic (exact) mass is 422 g/mol. The molecule has 0 N–H and O–H groups in total. The van der Waals surface area contributed by atoms with E-state index in [0.29, 0.717) is 18.4 Å². The highest BCUT2D eigenvalue weighted by atomic mass is 79.9. The Morgan fingerprint density at radius 1 is 1.44 bits per heavy atom. The molecule has 25 heavy (non-hydrogen) atoms. The van der Waals surface area contributed by atoms with Crippen molar-refractivity contribution in [3.8, 4) is 5.88 Å². The average molecular weight is 423 g/mol. The van der Waals surface area contributed by atoms with Crippen LogP contribution < -0.4 is 9.64 Å². The van der Waals surface area contributed by atoms with Crippen molar-refractivity contribution < 1.29 is 9.53 Å². The van der Waals surface area contributed by atoms with Gasteiger partial charge in [0.2, 0.25) is 17.7 Å². The minimum Gasteiger partial charge on any atom is -0.480 e. The van der Waals surface area contributed by atoms with Crippen LogP contribution in [-0.2, 0) is 17.8 Å². The fourth-order valence-corrected chi connectivity index (χ4v) is 4.72. The zero-order valence-electron chi connectivity index (χ0n) is 13.9. The van der Waals surface area contributed by atoms with Crippen molar-refractivity contribution in [3.05, 3.63) is 32.6 Å². The molecule has 0 spiro atoms. The molecular formula is C17H19BrN4O2S. The summed E-state index contributed by atoms with van der Waals surface area (Å²) in [4.78, 5) is 27.2. The molecule has 4 rings (SSSR count). The maximum Gasteiger partial charge on any atom is 0.232 e. The van der Waals surface area contributed by atoms with Gasteiger partial charge in [-0.2, -0.15) is 4.98 Å². The Morgan fingerprint density at radius 2 is 2.32 bits per heavy atom. The number of amides is 1. The molecule has 8 heteroatoms. The molecule has 0 radical (unpaired) electrons. The fourth-order valence-electron chi connectivity index (χ4n) is 3.48. The van der Waals surface area contributed by atoms with Crippen LogP contribution in [-0.4, -0.2) is 47.5 Å². The van der Waals surface area contributed by atoms with Gasteiger partial charge < -0.3 is 14.5 Å². The van der Waals surface area contributed by atoms with Gasteiger partial charge in [0.25, 0.3) is 0 Å². The molecule has 1 amide bonds. The number of nitrogens with zero attached hydrogens (tertiary/aromatic N) is 4. The average Bonchev–Trinajstić information content (AvgIpc) is 3.30. The molecule has 6 nitrogen and oxygen atoms in total. The Labute approximate surface area is 159 Å². The van der Waals surface area contributed by atoms with Gasteiger partial charge in [0.05, 0.1) is 23.7 Å². The minimum absolute atomic E-state index is 0.0124. The van der Waals surface area contributed by atoms with E-state index in [9.17, 15) is 4.79 Å². The zero-order valence-corrected chi connectivity index (χ0v) is 16.3. The maximum absolute atomic E-state index is 12.9. The summed E-state index contributed by atoms with van der Waals surface area (Å²) in [5.74, 6) is 1.40. The summed E-state index contributed by atoms with van der Waals surface area (Å²) < 4.78 is 5.97. The number of aromatic nitrogens is 2. The lowest BCUT2D eigenvalue weighted by Crippen LogP contribution is -2.40. The van der Waals surface area contributed by atoms with Crippen molar-refractivity contribution >= 4 is 39.1 Å². The van der Waals surface area contributed by atoms with Crippen LogP contribution in [0.1, 0.15) is 16.9 Å². The molecule has 0 saturated carbocycles. The van der Waals surface area contributed by atoms with Crippen LogP contribution in [0.25, 0.3) is 0 Å². The van der Waals surface area contributed by atoms with E-state index in [1.54, 1.807) is 24.6 Å². The maximum atomic E-state index is 12.9. The summed E-state index contributed by atoms with van der Waals surface area (Å²) in [7, 11) is 1.59. The molecule has 1 saturated heterocycles.